The summed E-state index contributed by atoms with van der Waals surface area (Å²) in [6.07, 6.45) is 12.4. The fourth-order valence-electron chi connectivity index (χ4n) is 2.53. The standard InChI is InChI=1S/C18H36O2/c1-5-8-11-12-15-18(4,14-10-7-3)17(19)20-16-13-9-6-2/h5-16H2,1-4H3. The lowest BCUT2D eigenvalue weighted by molar-refractivity contribution is -0.156. The first-order chi connectivity index (χ1) is 9.60. The average molecular weight is 284 g/mol. The molecule has 0 aromatic carbocycles. The van der Waals surface area contributed by atoms with Gasteiger partial charge < -0.3 is 4.74 Å². The number of hydrogen-bond acceptors (Lipinski definition) is 2. The van der Waals surface area contributed by atoms with Crippen molar-refractivity contribution in [1.82, 2.24) is 0 Å². The van der Waals surface area contributed by atoms with E-state index in [2.05, 4.69) is 27.7 Å². The molecule has 0 radical (unpaired) electrons. The van der Waals surface area contributed by atoms with Crippen LogP contribution in [0.25, 0.3) is 0 Å². The molecule has 0 aromatic rings. The van der Waals surface area contributed by atoms with E-state index in [4.69, 9.17) is 4.74 Å². The van der Waals surface area contributed by atoms with Crippen LogP contribution in [0.3, 0.4) is 0 Å². The van der Waals surface area contributed by atoms with Gasteiger partial charge in [-0.2, -0.15) is 0 Å². The Hall–Kier alpha value is -0.530. The van der Waals surface area contributed by atoms with Crippen LogP contribution in [0, 0.1) is 5.41 Å². The minimum atomic E-state index is -0.254. The van der Waals surface area contributed by atoms with E-state index in [-0.39, 0.29) is 11.4 Å². The predicted molar refractivity (Wildman–Crippen MR) is 86.9 cm³/mol. The van der Waals surface area contributed by atoms with Crippen molar-refractivity contribution in [3.8, 4) is 0 Å². The summed E-state index contributed by atoms with van der Waals surface area (Å²) in [5.41, 5.74) is -0.254. The Bertz CT molecular complexity index is 238. The molecule has 0 aliphatic carbocycles. The van der Waals surface area contributed by atoms with Crippen molar-refractivity contribution < 1.29 is 9.53 Å². The third kappa shape index (κ3) is 8.60. The number of carbonyl (C=O) groups is 1. The molecule has 0 N–H and O–H groups in total. The minimum Gasteiger partial charge on any atom is -0.465 e. The van der Waals surface area contributed by atoms with Crippen molar-refractivity contribution in [1.29, 1.82) is 0 Å². The second kappa shape index (κ2) is 12.2. The van der Waals surface area contributed by atoms with E-state index in [1.165, 1.54) is 25.7 Å². The maximum atomic E-state index is 12.4. The molecule has 2 heteroatoms. The quantitative estimate of drug-likeness (QED) is 0.311. The lowest BCUT2D eigenvalue weighted by atomic mass is 9.80. The van der Waals surface area contributed by atoms with Crippen molar-refractivity contribution in [2.45, 2.75) is 98.3 Å². The average Bonchev–Trinajstić information content (AvgIpc) is 2.45. The maximum Gasteiger partial charge on any atom is 0.311 e. The van der Waals surface area contributed by atoms with Gasteiger partial charge in [0.05, 0.1) is 12.0 Å². The molecule has 0 heterocycles. The van der Waals surface area contributed by atoms with Crippen LogP contribution in [-0.4, -0.2) is 12.6 Å². The Balaban J connectivity index is 4.23. The Morgan fingerprint density at radius 3 is 1.95 bits per heavy atom. The topological polar surface area (TPSA) is 26.3 Å². The van der Waals surface area contributed by atoms with E-state index in [1.807, 2.05) is 0 Å². The Labute approximate surface area is 126 Å². The van der Waals surface area contributed by atoms with Crippen LogP contribution >= 0.6 is 0 Å². The van der Waals surface area contributed by atoms with Gasteiger partial charge in [0.15, 0.2) is 0 Å². The van der Waals surface area contributed by atoms with Crippen molar-refractivity contribution >= 4 is 5.97 Å². The third-order valence-corrected chi connectivity index (χ3v) is 4.14. The molecule has 0 fully saturated rings. The molecular weight excluding hydrogens is 248 g/mol. The molecule has 1 unspecified atom stereocenters. The van der Waals surface area contributed by atoms with Crippen molar-refractivity contribution in [2.24, 2.45) is 5.41 Å². The second-order valence-electron chi connectivity index (χ2n) is 6.32. The van der Waals surface area contributed by atoms with Crippen LogP contribution in [0.4, 0.5) is 0 Å². The number of ether oxygens (including phenoxy) is 1. The van der Waals surface area contributed by atoms with Crippen molar-refractivity contribution in [2.75, 3.05) is 6.61 Å². The number of hydrogen-bond donors (Lipinski definition) is 0. The molecule has 0 amide bonds. The fourth-order valence-corrected chi connectivity index (χ4v) is 2.53. The monoisotopic (exact) mass is 284 g/mol. The zero-order chi connectivity index (χ0) is 15.3. The summed E-state index contributed by atoms with van der Waals surface area (Å²) in [6.45, 7) is 9.28. The van der Waals surface area contributed by atoms with Gasteiger partial charge in [0.25, 0.3) is 0 Å². The minimum absolute atomic E-state index is 0.0403. The molecule has 0 saturated heterocycles. The van der Waals surface area contributed by atoms with E-state index < -0.39 is 0 Å². The summed E-state index contributed by atoms with van der Waals surface area (Å²) in [7, 11) is 0. The molecule has 0 rings (SSSR count). The fraction of sp³-hybridized carbons (Fsp3) is 0.944. The summed E-state index contributed by atoms with van der Waals surface area (Å²) in [4.78, 5) is 12.4. The summed E-state index contributed by atoms with van der Waals surface area (Å²) in [6, 6.07) is 0. The van der Waals surface area contributed by atoms with E-state index in [0.29, 0.717) is 6.61 Å². The number of rotatable bonds is 13. The van der Waals surface area contributed by atoms with Gasteiger partial charge in [-0.1, -0.05) is 72.1 Å². The zero-order valence-electron chi connectivity index (χ0n) is 14.3. The first kappa shape index (κ1) is 19.5. The molecule has 2 nitrogen and oxygen atoms in total. The van der Waals surface area contributed by atoms with Crippen LogP contribution in [-0.2, 0) is 9.53 Å². The van der Waals surface area contributed by atoms with Gasteiger partial charge in [0, 0.05) is 0 Å². The normalized spacial score (nSPS) is 14.0. The summed E-state index contributed by atoms with van der Waals surface area (Å²) in [5, 5.41) is 0. The van der Waals surface area contributed by atoms with Crippen LogP contribution in [0.15, 0.2) is 0 Å². The highest BCUT2D eigenvalue weighted by molar-refractivity contribution is 5.76. The van der Waals surface area contributed by atoms with Crippen LogP contribution in [0.2, 0.25) is 0 Å². The van der Waals surface area contributed by atoms with Gasteiger partial charge in [-0.05, 0) is 26.2 Å². The lowest BCUT2D eigenvalue weighted by Crippen LogP contribution is -2.30. The number of unbranched alkanes of at least 4 members (excludes halogenated alkanes) is 6. The van der Waals surface area contributed by atoms with Gasteiger partial charge in [-0.15, -0.1) is 0 Å². The molecule has 0 saturated carbocycles. The zero-order valence-corrected chi connectivity index (χ0v) is 14.3. The Morgan fingerprint density at radius 2 is 1.35 bits per heavy atom. The Kier molecular flexibility index (Phi) is 11.9. The number of carbonyl (C=O) groups excluding carboxylic acids is 1. The van der Waals surface area contributed by atoms with Crippen molar-refractivity contribution in [3.63, 3.8) is 0 Å². The first-order valence-electron chi connectivity index (χ1n) is 8.78. The molecule has 1 atom stereocenters. The Morgan fingerprint density at radius 1 is 0.800 bits per heavy atom. The summed E-state index contributed by atoms with van der Waals surface area (Å²) >= 11 is 0. The highest BCUT2D eigenvalue weighted by atomic mass is 16.5. The van der Waals surface area contributed by atoms with Gasteiger partial charge in [0.2, 0.25) is 0 Å². The van der Waals surface area contributed by atoms with Gasteiger partial charge >= 0.3 is 5.97 Å². The van der Waals surface area contributed by atoms with Gasteiger partial charge in [-0.25, -0.2) is 0 Å². The van der Waals surface area contributed by atoms with E-state index in [9.17, 15) is 4.79 Å². The maximum absolute atomic E-state index is 12.4. The van der Waals surface area contributed by atoms with E-state index in [0.717, 1.165) is 44.9 Å². The van der Waals surface area contributed by atoms with Gasteiger partial charge in [-0.3, -0.25) is 4.79 Å². The van der Waals surface area contributed by atoms with E-state index >= 15 is 0 Å². The molecular formula is C18H36O2. The van der Waals surface area contributed by atoms with Crippen LogP contribution in [0.5, 0.6) is 0 Å². The molecule has 0 spiro atoms. The molecule has 0 bridgehead atoms. The smallest absolute Gasteiger partial charge is 0.311 e. The SMILES string of the molecule is CCCCCCC(C)(CCCC)C(=O)OCCCCC. The molecule has 0 aliphatic rings. The van der Waals surface area contributed by atoms with Crippen molar-refractivity contribution in [3.05, 3.63) is 0 Å². The largest absolute Gasteiger partial charge is 0.465 e. The summed E-state index contributed by atoms with van der Waals surface area (Å²) < 4.78 is 5.52. The summed E-state index contributed by atoms with van der Waals surface area (Å²) in [5.74, 6) is 0.0403. The number of esters is 1. The molecule has 0 aromatic heterocycles. The highest BCUT2D eigenvalue weighted by Crippen LogP contribution is 2.32. The van der Waals surface area contributed by atoms with Crippen LogP contribution < -0.4 is 0 Å². The first-order valence-corrected chi connectivity index (χ1v) is 8.78. The molecule has 20 heavy (non-hydrogen) atoms. The molecule has 0 aliphatic heterocycles. The molecule has 120 valence electrons. The third-order valence-electron chi connectivity index (χ3n) is 4.14. The predicted octanol–water partition coefficient (Wildman–Crippen LogP) is 5.89. The van der Waals surface area contributed by atoms with E-state index in [1.54, 1.807) is 0 Å². The van der Waals surface area contributed by atoms with Gasteiger partial charge in [0.1, 0.15) is 0 Å². The lowest BCUT2D eigenvalue weighted by Gasteiger charge is -2.27. The second-order valence-corrected chi connectivity index (χ2v) is 6.32. The van der Waals surface area contributed by atoms with Crippen LogP contribution in [0.1, 0.15) is 98.3 Å². The highest BCUT2D eigenvalue weighted by Gasteiger charge is 2.33.